The molecule has 10 heteroatoms. The van der Waals surface area contributed by atoms with Gasteiger partial charge >= 0.3 is 6.61 Å². The molecule has 0 aliphatic rings. The molecule has 0 fully saturated rings. The van der Waals surface area contributed by atoms with Crippen LogP contribution in [0.3, 0.4) is 0 Å². The topological polar surface area (TPSA) is 72.7 Å². The molecule has 1 aromatic carbocycles. The zero-order valence-corrected chi connectivity index (χ0v) is 19.6. The molecule has 162 valence electrons. The zero-order valence-electron chi connectivity index (χ0n) is 17.3. The molecule has 0 aliphatic carbocycles. The highest BCUT2D eigenvalue weighted by molar-refractivity contribution is 14.0. The second-order valence-electron chi connectivity index (χ2n) is 6.11. The molecule has 0 aliphatic heterocycles. The smallest absolute Gasteiger partial charge is 0.387 e. The van der Waals surface area contributed by atoms with Gasteiger partial charge in [0.2, 0.25) is 0 Å². The van der Waals surface area contributed by atoms with Gasteiger partial charge in [0, 0.05) is 44.0 Å². The van der Waals surface area contributed by atoms with Crippen molar-refractivity contribution in [1.82, 2.24) is 20.4 Å². The van der Waals surface area contributed by atoms with Gasteiger partial charge < -0.3 is 20.1 Å². The quantitative estimate of drug-likeness (QED) is 0.315. The summed E-state index contributed by atoms with van der Waals surface area (Å²) in [4.78, 5) is 4.18. The van der Waals surface area contributed by atoms with Crippen molar-refractivity contribution in [2.75, 3.05) is 13.7 Å². The normalized spacial score (nSPS) is 11.2. The van der Waals surface area contributed by atoms with E-state index < -0.39 is 6.61 Å². The molecular weight excluding hydrogens is 495 g/mol. The van der Waals surface area contributed by atoms with Crippen molar-refractivity contribution in [2.24, 2.45) is 12.0 Å². The molecule has 0 atom stereocenters. The highest BCUT2D eigenvalue weighted by Crippen LogP contribution is 2.32. The van der Waals surface area contributed by atoms with E-state index in [1.165, 1.54) is 0 Å². The Balaban J connectivity index is 0.00000420. The van der Waals surface area contributed by atoms with Crippen molar-refractivity contribution >= 4 is 29.9 Å². The summed E-state index contributed by atoms with van der Waals surface area (Å²) in [5, 5.41) is 10.7. The van der Waals surface area contributed by atoms with Crippen molar-refractivity contribution < 1.29 is 18.3 Å². The molecular formula is C19H28F2IN5O2. The van der Waals surface area contributed by atoms with E-state index in [1.54, 1.807) is 32.2 Å². The number of benzene rings is 1. The molecule has 0 amide bonds. The molecule has 0 bridgehead atoms. The number of nitrogens with zero attached hydrogens (tertiary/aromatic N) is 3. The van der Waals surface area contributed by atoms with Crippen molar-refractivity contribution in [3.63, 3.8) is 0 Å². The molecule has 2 N–H and O–H groups in total. The van der Waals surface area contributed by atoms with Crippen LogP contribution in [0.15, 0.2) is 23.2 Å². The number of ether oxygens (including phenoxy) is 2. The highest BCUT2D eigenvalue weighted by atomic mass is 127. The minimum Gasteiger partial charge on any atom is -0.490 e. The van der Waals surface area contributed by atoms with Gasteiger partial charge in [-0.2, -0.15) is 13.9 Å². The van der Waals surface area contributed by atoms with Gasteiger partial charge in [0.05, 0.1) is 12.3 Å². The Morgan fingerprint density at radius 2 is 1.93 bits per heavy atom. The van der Waals surface area contributed by atoms with Crippen molar-refractivity contribution in [1.29, 1.82) is 0 Å². The zero-order chi connectivity index (χ0) is 20.7. The van der Waals surface area contributed by atoms with Crippen LogP contribution in [0.2, 0.25) is 0 Å². The van der Waals surface area contributed by atoms with E-state index in [4.69, 9.17) is 4.74 Å². The summed E-state index contributed by atoms with van der Waals surface area (Å²) in [5.74, 6) is 0.848. The van der Waals surface area contributed by atoms with E-state index in [9.17, 15) is 8.78 Å². The summed E-state index contributed by atoms with van der Waals surface area (Å²) < 4.78 is 37.6. The first-order chi connectivity index (χ1) is 13.4. The maximum atomic E-state index is 12.8. The van der Waals surface area contributed by atoms with E-state index in [0.29, 0.717) is 24.7 Å². The van der Waals surface area contributed by atoms with Gasteiger partial charge in [-0.05, 0) is 26.8 Å². The van der Waals surface area contributed by atoms with Crippen LogP contribution in [0.1, 0.15) is 29.4 Å². The minimum absolute atomic E-state index is 0. The highest BCUT2D eigenvalue weighted by Gasteiger charge is 2.16. The van der Waals surface area contributed by atoms with Crippen LogP contribution in [-0.2, 0) is 20.1 Å². The summed E-state index contributed by atoms with van der Waals surface area (Å²) >= 11 is 0. The molecule has 0 unspecified atom stereocenters. The third kappa shape index (κ3) is 6.72. The number of aromatic nitrogens is 2. The molecule has 7 nitrogen and oxygen atoms in total. The fraction of sp³-hybridized carbons (Fsp3) is 0.474. The maximum Gasteiger partial charge on any atom is 0.387 e. The van der Waals surface area contributed by atoms with Crippen LogP contribution in [-0.4, -0.2) is 36.0 Å². The number of guanidine groups is 1. The molecule has 1 aromatic heterocycles. The minimum atomic E-state index is -2.94. The lowest BCUT2D eigenvalue weighted by Gasteiger charge is -2.17. The Hall–Kier alpha value is -2.11. The molecule has 0 radical (unpaired) electrons. The summed E-state index contributed by atoms with van der Waals surface area (Å²) in [6, 6.07) is 5.04. The fourth-order valence-corrected chi connectivity index (χ4v) is 2.84. The molecule has 0 saturated carbocycles. The Morgan fingerprint density at radius 1 is 1.24 bits per heavy atom. The number of aliphatic imine (C=N–C) groups is 1. The predicted molar refractivity (Wildman–Crippen MR) is 119 cm³/mol. The summed E-state index contributed by atoms with van der Waals surface area (Å²) in [7, 11) is 3.54. The van der Waals surface area contributed by atoms with E-state index in [-0.39, 0.29) is 42.0 Å². The standard InChI is InChI=1S/C19H27F2N5O2.HI/c1-6-27-16-9-7-8-14(17(16)28-18(20)21)10-23-19(22-4)24-11-15-12(2)25-26(5)13(15)3;/h7-9,18H,6,10-11H2,1-5H3,(H2,22,23,24);1H. The van der Waals surface area contributed by atoms with Crippen LogP contribution < -0.4 is 20.1 Å². The van der Waals surface area contributed by atoms with Crippen molar-refractivity contribution in [2.45, 2.75) is 40.5 Å². The first-order valence-corrected chi connectivity index (χ1v) is 9.00. The SMILES string of the molecule is CCOc1cccc(CNC(=NC)NCc2c(C)nn(C)c2C)c1OC(F)F.I. The average molecular weight is 523 g/mol. The van der Waals surface area contributed by atoms with Crippen LogP contribution in [0.4, 0.5) is 8.78 Å². The third-order valence-electron chi connectivity index (χ3n) is 4.33. The molecule has 0 saturated heterocycles. The molecule has 29 heavy (non-hydrogen) atoms. The van der Waals surface area contributed by atoms with E-state index in [2.05, 4.69) is 25.5 Å². The summed E-state index contributed by atoms with van der Waals surface area (Å²) in [6.07, 6.45) is 0. The van der Waals surface area contributed by atoms with Crippen molar-refractivity contribution in [3.8, 4) is 11.5 Å². The number of hydrogen-bond acceptors (Lipinski definition) is 4. The first kappa shape index (κ1) is 24.9. The van der Waals surface area contributed by atoms with Gasteiger partial charge in [0.25, 0.3) is 0 Å². The lowest BCUT2D eigenvalue weighted by atomic mass is 10.2. The van der Waals surface area contributed by atoms with Gasteiger partial charge in [-0.15, -0.1) is 24.0 Å². The molecule has 2 aromatic rings. The fourth-order valence-electron chi connectivity index (χ4n) is 2.84. The Bertz CT molecular complexity index is 827. The monoisotopic (exact) mass is 523 g/mol. The van der Waals surface area contributed by atoms with Gasteiger partial charge in [0.1, 0.15) is 0 Å². The second-order valence-corrected chi connectivity index (χ2v) is 6.11. The largest absolute Gasteiger partial charge is 0.490 e. The number of halogens is 3. The lowest BCUT2D eigenvalue weighted by molar-refractivity contribution is -0.0520. The number of alkyl halides is 2. The van der Waals surface area contributed by atoms with Gasteiger partial charge in [-0.1, -0.05) is 12.1 Å². The molecule has 2 rings (SSSR count). The van der Waals surface area contributed by atoms with Gasteiger partial charge in [-0.25, -0.2) is 0 Å². The van der Waals surface area contributed by atoms with Crippen LogP contribution in [0.5, 0.6) is 11.5 Å². The van der Waals surface area contributed by atoms with Gasteiger partial charge in [0.15, 0.2) is 17.5 Å². The lowest BCUT2D eigenvalue weighted by Crippen LogP contribution is -2.36. The predicted octanol–water partition coefficient (Wildman–Crippen LogP) is 3.52. The maximum absolute atomic E-state index is 12.8. The molecule has 0 spiro atoms. The number of hydrogen-bond donors (Lipinski definition) is 2. The van der Waals surface area contributed by atoms with Crippen molar-refractivity contribution in [3.05, 3.63) is 40.7 Å². The van der Waals surface area contributed by atoms with E-state index in [1.807, 2.05) is 25.6 Å². The Labute approximate surface area is 186 Å². The summed E-state index contributed by atoms with van der Waals surface area (Å²) in [5.41, 5.74) is 3.64. The number of aryl methyl sites for hydroxylation is 2. The number of rotatable bonds is 8. The van der Waals surface area contributed by atoms with Gasteiger partial charge in [-0.3, -0.25) is 9.67 Å². The Morgan fingerprint density at radius 3 is 2.48 bits per heavy atom. The average Bonchev–Trinajstić information content (AvgIpc) is 2.89. The number of nitrogens with one attached hydrogen (secondary N) is 2. The van der Waals surface area contributed by atoms with Crippen LogP contribution in [0.25, 0.3) is 0 Å². The second kappa shape index (κ2) is 11.8. The van der Waals surface area contributed by atoms with Crippen LogP contribution >= 0.6 is 24.0 Å². The Kier molecular flexibility index (Phi) is 10.1. The number of para-hydroxylation sites is 1. The van der Waals surface area contributed by atoms with E-state index in [0.717, 1.165) is 17.0 Å². The van der Waals surface area contributed by atoms with Crippen LogP contribution in [0, 0.1) is 13.8 Å². The summed E-state index contributed by atoms with van der Waals surface area (Å²) in [6.45, 7) is 3.94. The first-order valence-electron chi connectivity index (χ1n) is 9.00. The van der Waals surface area contributed by atoms with E-state index >= 15 is 0 Å². The third-order valence-corrected chi connectivity index (χ3v) is 4.33. The molecule has 1 heterocycles.